The highest BCUT2D eigenvalue weighted by Gasteiger charge is 2.46. The van der Waals surface area contributed by atoms with E-state index >= 15 is 0 Å². The standard InChI is InChI=1S/C28H29N3O6/c1-4-37-23-14-10-20(11-15-23)29-26(32)17-25-27(33)31(21-6-5-7-24(16-21)36-3)28(34)30(25)18-19-8-12-22(35-2)13-9-19/h5-16,25H,4,17-18H2,1-3H3,(H,29,32)/t25-/m1/s1. The molecule has 1 saturated heterocycles. The third-order valence-electron chi connectivity index (χ3n) is 5.97. The molecule has 0 saturated carbocycles. The van der Waals surface area contributed by atoms with Crippen LogP contribution in [0, 0.1) is 0 Å². The van der Waals surface area contributed by atoms with E-state index in [1.165, 1.54) is 12.0 Å². The number of hydrogen-bond acceptors (Lipinski definition) is 6. The van der Waals surface area contributed by atoms with E-state index in [9.17, 15) is 14.4 Å². The lowest BCUT2D eigenvalue weighted by molar-refractivity contribution is -0.124. The van der Waals surface area contributed by atoms with E-state index in [1.54, 1.807) is 67.8 Å². The van der Waals surface area contributed by atoms with Crippen LogP contribution in [0.5, 0.6) is 17.2 Å². The first-order valence-corrected chi connectivity index (χ1v) is 11.9. The minimum absolute atomic E-state index is 0.149. The Balaban J connectivity index is 1.57. The summed E-state index contributed by atoms with van der Waals surface area (Å²) in [6, 6.07) is 19.4. The Kier molecular flexibility index (Phi) is 7.92. The molecule has 4 amide bonds. The van der Waals surface area contributed by atoms with Gasteiger partial charge in [0, 0.05) is 18.3 Å². The van der Waals surface area contributed by atoms with Crippen molar-refractivity contribution in [2.45, 2.75) is 25.9 Å². The fourth-order valence-electron chi connectivity index (χ4n) is 4.12. The average Bonchev–Trinajstić information content (AvgIpc) is 3.14. The van der Waals surface area contributed by atoms with E-state index in [0.29, 0.717) is 35.2 Å². The molecule has 1 fully saturated rings. The summed E-state index contributed by atoms with van der Waals surface area (Å²) in [4.78, 5) is 42.5. The molecular formula is C28H29N3O6. The van der Waals surface area contributed by atoms with Crippen LogP contribution in [0.2, 0.25) is 0 Å². The summed E-state index contributed by atoms with van der Waals surface area (Å²) < 4.78 is 15.9. The highest BCUT2D eigenvalue weighted by molar-refractivity contribution is 6.22. The molecule has 0 bridgehead atoms. The number of benzene rings is 3. The second kappa shape index (κ2) is 11.5. The first-order valence-electron chi connectivity index (χ1n) is 11.9. The largest absolute Gasteiger partial charge is 0.497 e. The molecule has 37 heavy (non-hydrogen) atoms. The molecule has 192 valence electrons. The Morgan fingerprint density at radius 2 is 1.57 bits per heavy atom. The number of amides is 4. The molecule has 0 aliphatic carbocycles. The zero-order valence-electron chi connectivity index (χ0n) is 21.0. The fraction of sp³-hybridized carbons (Fsp3) is 0.250. The molecule has 1 aliphatic heterocycles. The zero-order chi connectivity index (χ0) is 26.4. The molecule has 1 heterocycles. The summed E-state index contributed by atoms with van der Waals surface area (Å²) in [6.45, 7) is 2.58. The lowest BCUT2D eigenvalue weighted by Gasteiger charge is -2.22. The molecule has 3 aromatic carbocycles. The molecule has 0 radical (unpaired) electrons. The third-order valence-corrected chi connectivity index (χ3v) is 5.97. The number of nitrogens with zero attached hydrogens (tertiary/aromatic N) is 2. The topological polar surface area (TPSA) is 97.4 Å². The monoisotopic (exact) mass is 503 g/mol. The van der Waals surface area contributed by atoms with Crippen LogP contribution in [-0.4, -0.2) is 49.6 Å². The highest BCUT2D eigenvalue weighted by atomic mass is 16.5. The van der Waals surface area contributed by atoms with Gasteiger partial charge in [-0.05, 0) is 61.0 Å². The molecule has 0 unspecified atom stereocenters. The van der Waals surface area contributed by atoms with Crippen LogP contribution < -0.4 is 24.4 Å². The van der Waals surface area contributed by atoms with Gasteiger partial charge in [-0.1, -0.05) is 18.2 Å². The van der Waals surface area contributed by atoms with E-state index in [0.717, 1.165) is 10.5 Å². The molecule has 9 heteroatoms. The van der Waals surface area contributed by atoms with Crippen molar-refractivity contribution < 1.29 is 28.6 Å². The van der Waals surface area contributed by atoms with Crippen molar-refractivity contribution in [2.75, 3.05) is 31.0 Å². The molecule has 3 aromatic rings. The van der Waals surface area contributed by atoms with Gasteiger partial charge in [0.25, 0.3) is 5.91 Å². The second-order valence-electron chi connectivity index (χ2n) is 8.36. The number of rotatable bonds is 10. The number of ether oxygens (including phenoxy) is 3. The molecule has 4 rings (SSSR count). The van der Waals surface area contributed by atoms with E-state index < -0.39 is 18.0 Å². The molecule has 1 N–H and O–H groups in total. The van der Waals surface area contributed by atoms with Gasteiger partial charge in [0.15, 0.2) is 0 Å². The maximum Gasteiger partial charge on any atom is 0.332 e. The lowest BCUT2D eigenvalue weighted by atomic mass is 10.1. The van der Waals surface area contributed by atoms with Gasteiger partial charge in [0.2, 0.25) is 5.91 Å². The molecular weight excluding hydrogens is 474 g/mol. The maximum absolute atomic E-state index is 13.5. The van der Waals surface area contributed by atoms with Crippen LogP contribution in [0.15, 0.2) is 72.8 Å². The van der Waals surface area contributed by atoms with Crippen molar-refractivity contribution in [2.24, 2.45) is 0 Å². The number of carbonyl (C=O) groups is 3. The number of hydrogen-bond donors (Lipinski definition) is 1. The summed E-state index contributed by atoms with van der Waals surface area (Å²) in [5, 5.41) is 2.81. The van der Waals surface area contributed by atoms with Gasteiger partial charge in [0.05, 0.1) is 32.9 Å². The summed E-state index contributed by atoms with van der Waals surface area (Å²) in [6.07, 6.45) is -0.200. The van der Waals surface area contributed by atoms with Crippen molar-refractivity contribution in [3.63, 3.8) is 0 Å². The zero-order valence-corrected chi connectivity index (χ0v) is 21.0. The summed E-state index contributed by atoms with van der Waals surface area (Å²) in [7, 11) is 3.08. The van der Waals surface area contributed by atoms with Crippen LogP contribution in [0.3, 0.4) is 0 Å². The second-order valence-corrected chi connectivity index (χ2v) is 8.36. The molecule has 9 nitrogen and oxygen atoms in total. The van der Waals surface area contributed by atoms with Gasteiger partial charge in [-0.15, -0.1) is 0 Å². The molecule has 1 aliphatic rings. The number of imide groups is 1. The fourth-order valence-corrected chi connectivity index (χ4v) is 4.12. The first kappa shape index (κ1) is 25.6. The summed E-state index contributed by atoms with van der Waals surface area (Å²) >= 11 is 0. The number of anilines is 2. The van der Waals surface area contributed by atoms with E-state index in [4.69, 9.17) is 14.2 Å². The Hall–Kier alpha value is -4.53. The average molecular weight is 504 g/mol. The molecule has 0 spiro atoms. The van der Waals surface area contributed by atoms with Gasteiger partial charge in [-0.25, -0.2) is 9.69 Å². The van der Waals surface area contributed by atoms with Gasteiger partial charge >= 0.3 is 6.03 Å². The Labute approximate surface area is 215 Å². The van der Waals surface area contributed by atoms with Crippen LogP contribution in [-0.2, 0) is 16.1 Å². The maximum atomic E-state index is 13.5. The van der Waals surface area contributed by atoms with Crippen LogP contribution in [0.1, 0.15) is 18.9 Å². The van der Waals surface area contributed by atoms with Gasteiger partial charge in [-0.3, -0.25) is 9.59 Å². The van der Waals surface area contributed by atoms with Crippen LogP contribution in [0.25, 0.3) is 0 Å². The Bertz CT molecular complexity index is 1260. The van der Waals surface area contributed by atoms with Crippen LogP contribution in [0.4, 0.5) is 16.2 Å². The Morgan fingerprint density at radius 1 is 0.892 bits per heavy atom. The van der Waals surface area contributed by atoms with E-state index in [2.05, 4.69) is 5.32 Å². The van der Waals surface area contributed by atoms with E-state index in [-0.39, 0.29) is 18.9 Å². The van der Waals surface area contributed by atoms with Crippen molar-refractivity contribution in [3.8, 4) is 17.2 Å². The van der Waals surface area contributed by atoms with Crippen molar-refractivity contribution in [1.29, 1.82) is 0 Å². The van der Waals surface area contributed by atoms with Crippen LogP contribution >= 0.6 is 0 Å². The number of urea groups is 1. The van der Waals surface area contributed by atoms with E-state index in [1.807, 2.05) is 19.1 Å². The highest BCUT2D eigenvalue weighted by Crippen LogP contribution is 2.31. The SMILES string of the molecule is CCOc1ccc(NC(=O)C[C@@H]2C(=O)N(c3cccc(OC)c3)C(=O)N2Cc2ccc(OC)cc2)cc1. The van der Waals surface area contributed by atoms with Gasteiger partial charge in [-0.2, -0.15) is 0 Å². The number of methoxy groups -OCH3 is 2. The number of nitrogens with one attached hydrogen (secondary N) is 1. The first-order chi connectivity index (χ1) is 17.9. The minimum Gasteiger partial charge on any atom is -0.497 e. The van der Waals surface area contributed by atoms with Gasteiger partial charge < -0.3 is 24.4 Å². The molecule has 1 atom stereocenters. The smallest absolute Gasteiger partial charge is 0.332 e. The minimum atomic E-state index is -0.983. The van der Waals surface area contributed by atoms with Gasteiger partial charge in [0.1, 0.15) is 23.3 Å². The van der Waals surface area contributed by atoms with Crippen molar-refractivity contribution in [1.82, 2.24) is 4.90 Å². The summed E-state index contributed by atoms with van der Waals surface area (Å²) in [5.74, 6) is 1.01. The van der Waals surface area contributed by atoms with Crippen molar-refractivity contribution in [3.05, 3.63) is 78.4 Å². The molecule has 0 aromatic heterocycles. The normalized spacial score (nSPS) is 15.1. The summed E-state index contributed by atoms with van der Waals surface area (Å²) in [5.41, 5.74) is 1.74. The lowest BCUT2D eigenvalue weighted by Crippen LogP contribution is -2.37. The predicted octanol–water partition coefficient (Wildman–Crippen LogP) is 4.47. The van der Waals surface area contributed by atoms with Crippen molar-refractivity contribution >= 4 is 29.2 Å². The quantitative estimate of drug-likeness (QED) is 0.410. The number of carbonyl (C=O) groups excluding carboxylic acids is 3. The third kappa shape index (κ3) is 5.83. The Morgan fingerprint density at radius 3 is 2.22 bits per heavy atom. The predicted molar refractivity (Wildman–Crippen MR) is 139 cm³/mol.